The number of hydrogen-bond donors (Lipinski definition) is 0. The molecule has 116 valence electrons. The number of halogens is 3. The molecule has 0 bridgehead atoms. The van der Waals surface area contributed by atoms with Crippen molar-refractivity contribution < 1.29 is 0 Å². The Kier molecular flexibility index (Phi) is 3.79. The van der Waals surface area contributed by atoms with Gasteiger partial charge < -0.3 is 0 Å². The third kappa shape index (κ3) is 2.63. The molecule has 0 radical (unpaired) electrons. The van der Waals surface area contributed by atoms with Crippen molar-refractivity contribution in [3.05, 3.63) is 58.1 Å². The molecule has 1 unspecified atom stereocenters. The van der Waals surface area contributed by atoms with Crippen LogP contribution in [-0.2, 0) is 0 Å². The number of anilines is 2. The predicted octanol–water partition coefficient (Wildman–Crippen LogP) is 4.74. The van der Waals surface area contributed by atoms with Gasteiger partial charge in [-0.05, 0) is 52.3 Å². The number of fused-ring (bicyclic) bond motifs is 3. The largest absolute Gasteiger partial charge is 0.294 e. The lowest BCUT2D eigenvalue weighted by Crippen LogP contribution is -2.38. The lowest BCUT2D eigenvalue weighted by Gasteiger charge is -2.27. The number of hydrazone groups is 1. The van der Waals surface area contributed by atoms with Crippen molar-refractivity contribution in [3.63, 3.8) is 0 Å². The summed E-state index contributed by atoms with van der Waals surface area (Å²) < 4.78 is 0. The Morgan fingerprint density at radius 2 is 1.91 bits per heavy atom. The van der Waals surface area contributed by atoms with Crippen LogP contribution in [0.4, 0.5) is 11.4 Å². The molecule has 23 heavy (non-hydrogen) atoms. The first kappa shape index (κ1) is 15.0. The van der Waals surface area contributed by atoms with Gasteiger partial charge in [0, 0.05) is 21.8 Å². The smallest absolute Gasteiger partial charge is 0.185 e. The molecule has 4 nitrogen and oxygen atoms in total. The highest BCUT2D eigenvalue weighted by molar-refractivity contribution is 9.09. The van der Waals surface area contributed by atoms with E-state index in [0.717, 1.165) is 22.8 Å². The first-order valence-electron chi connectivity index (χ1n) is 6.98. The summed E-state index contributed by atoms with van der Waals surface area (Å²) in [5.74, 6) is 0.865. The molecule has 2 aromatic carbocycles. The molecule has 2 heterocycles. The Hall–Kier alpha value is -1.56. The monoisotopic (exact) mass is 408 g/mol. The SMILES string of the molecule is Clc1cccc(N2N=C3CN=Cc4cc(Cl)ccc4N3C2Br)c1. The number of amidine groups is 1. The van der Waals surface area contributed by atoms with Crippen LogP contribution in [0.5, 0.6) is 0 Å². The van der Waals surface area contributed by atoms with Crippen LogP contribution in [0.3, 0.4) is 0 Å². The van der Waals surface area contributed by atoms with E-state index in [9.17, 15) is 0 Å². The molecular weight excluding hydrogens is 399 g/mol. The first-order chi connectivity index (χ1) is 11.1. The minimum atomic E-state index is -0.155. The van der Waals surface area contributed by atoms with Crippen molar-refractivity contribution in [2.75, 3.05) is 16.5 Å². The molecule has 1 atom stereocenters. The van der Waals surface area contributed by atoms with Gasteiger partial charge in [-0.2, -0.15) is 5.10 Å². The number of aliphatic imine (C=N–C) groups is 1. The number of nitrogens with zero attached hydrogens (tertiary/aromatic N) is 4. The third-order valence-corrected chi connectivity index (χ3v) is 4.97. The summed E-state index contributed by atoms with van der Waals surface area (Å²) in [6, 6.07) is 13.4. The van der Waals surface area contributed by atoms with E-state index < -0.39 is 0 Å². The average Bonchev–Trinajstić information content (AvgIpc) is 2.74. The van der Waals surface area contributed by atoms with Crippen molar-refractivity contribution in [1.82, 2.24) is 0 Å². The van der Waals surface area contributed by atoms with Crippen LogP contribution >= 0.6 is 39.1 Å². The summed E-state index contributed by atoms with van der Waals surface area (Å²) in [7, 11) is 0. The van der Waals surface area contributed by atoms with Crippen molar-refractivity contribution in [2.24, 2.45) is 10.1 Å². The molecule has 0 amide bonds. The van der Waals surface area contributed by atoms with E-state index in [4.69, 9.17) is 28.3 Å². The second kappa shape index (κ2) is 5.82. The molecule has 0 saturated heterocycles. The zero-order valence-electron chi connectivity index (χ0n) is 11.8. The van der Waals surface area contributed by atoms with Gasteiger partial charge in [0.15, 0.2) is 10.9 Å². The third-order valence-electron chi connectivity index (χ3n) is 3.70. The van der Waals surface area contributed by atoms with Gasteiger partial charge in [-0.3, -0.25) is 9.89 Å². The number of alkyl halides is 1. The summed E-state index contributed by atoms with van der Waals surface area (Å²) in [5.41, 5.74) is 2.90. The molecule has 0 N–H and O–H groups in total. The minimum absolute atomic E-state index is 0.155. The van der Waals surface area contributed by atoms with Gasteiger partial charge in [0.05, 0.1) is 17.9 Å². The predicted molar refractivity (Wildman–Crippen MR) is 100 cm³/mol. The zero-order chi connectivity index (χ0) is 16.0. The fourth-order valence-electron chi connectivity index (χ4n) is 2.69. The second-order valence-corrected chi connectivity index (χ2v) is 6.89. The van der Waals surface area contributed by atoms with Gasteiger partial charge in [-0.25, -0.2) is 5.01 Å². The van der Waals surface area contributed by atoms with Crippen LogP contribution in [0.1, 0.15) is 5.56 Å². The summed E-state index contributed by atoms with van der Waals surface area (Å²) >= 11 is 15.9. The molecule has 2 aromatic rings. The average molecular weight is 410 g/mol. The van der Waals surface area contributed by atoms with Gasteiger partial charge in [0.2, 0.25) is 0 Å². The normalized spacial score (nSPS) is 19.3. The Morgan fingerprint density at radius 3 is 2.74 bits per heavy atom. The van der Waals surface area contributed by atoms with Crippen molar-refractivity contribution >= 4 is 62.6 Å². The molecule has 0 saturated carbocycles. The molecular formula is C16H11BrCl2N4. The maximum Gasteiger partial charge on any atom is 0.185 e. The molecule has 0 fully saturated rings. The Balaban J connectivity index is 1.79. The molecule has 4 rings (SSSR count). The summed E-state index contributed by atoms with van der Waals surface area (Å²) in [6.45, 7) is 0.505. The van der Waals surface area contributed by atoms with Crippen molar-refractivity contribution in [2.45, 2.75) is 5.08 Å². The number of benzene rings is 2. The second-order valence-electron chi connectivity index (χ2n) is 5.19. The van der Waals surface area contributed by atoms with E-state index >= 15 is 0 Å². The number of hydrogen-bond acceptors (Lipinski definition) is 4. The zero-order valence-corrected chi connectivity index (χ0v) is 14.9. The molecule has 0 aliphatic carbocycles. The molecule has 2 aliphatic heterocycles. The van der Waals surface area contributed by atoms with Gasteiger partial charge >= 0.3 is 0 Å². The Bertz CT molecular complexity index is 837. The lowest BCUT2D eigenvalue weighted by molar-refractivity contribution is 0.870. The fourth-order valence-corrected chi connectivity index (χ4v) is 3.84. The van der Waals surface area contributed by atoms with Gasteiger partial charge in [0.25, 0.3) is 0 Å². The van der Waals surface area contributed by atoms with Crippen molar-refractivity contribution in [1.29, 1.82) is 0 Å². The van der Waals surface area contributed by atoms with Crippen LogP contribution in [-0.4, -0.2) is 23.7 Å². The van der Waals surface area contributed by atoms with E-state index in [1.807, 2.05) is 53.7 Å². The topological polar surface area (TPSA) is 31.2 Å². The molecule has 0 spiro atoms. The lowest BCUT2D eigenvalue weighted by atomic mass is 10.2. The summed E-state index contributed by atoms with van der Waals surface area (Å²) in [5, 5.41) is 7.80. The Labute approximate surface area is 152 Å². The molecule has 0 aromatic heterocycles. The highest BCUT2D eigenvalue weighted by Gasteiger charge is 2.35. The van der Waals surface area contributed by atoms with Gasteiger partial charge in [0.1, 0.15) is 0 Å². The van der Waals surface area contributed by atoms with E-state index in [1.165, 1.54) is 0 Å². The summed E-state index contributed by atoms with van der Waals surface area (Å²) in [6.07, 6.45) is 1.84. The standard InChI is InChI=1S/C16H11BrCl2N4/c17-16-22-14-5-4-12(19)6-10(14)8-20-9-15(22)21-23(16)13-3-1-2-11(18)7-13/h1-8,16H,9H2. The first-order valence-corrected chi connectivity index (χ1v) is 8.65. The van der Waals surface area contributed by atoms with Gasteiger partial charge in [-0.15, -0.1) is 0 Å². The number of rotatable bonds is 1. The molecule has 2 aliphatic rings. The van der Waals surface area contributed by atoms with Crippen molar-refractivity contribution in [3.8, 4) is 0 Å². The molecule has 7 heteroatoms. The van der Waals surface area contributed by atoms with Crippen LogP contribution in [0, 0.1) is 0 Å². The minimum Gasteiger partial charge on any atom is -0.294 e. The van der Waals surface area contributed by atoms with E-state index in [1.54, 1.807) is 0 Å². The quantitative estimate of drug-likeness (QED) is 0.502. The van der Waals surface area contributed by atoms with Crippen LogP contribution in [0.2, 0.25) is 10.0 Å². The highest BCUT2D eigenvalue weighted by atomic mass is 79.9. The van der Waals surface area contributed by atoms with Crippen LogP contribution < -0.4 is 9.91 Å². The van der Waals surface area contributed by atoms with E-state index in [-0.39, 0.29) is 5.08 Å². The highest BCUT2D eigenvalue weighted by Crippen LogP contribution is 2.36. The van der Waals surface area contributed by atoms with Crippen LogP contribution in [0.25, 0.3) is 0 Å². The summed E-state index contributed by atoms with van der Waals surface area (Å²) in [4.78, 5) is 6.56. The van der Waals surface area contributed by atoms with Crippen LogP contribution in [0.15, 0.2) is 52.6 Å². The van der Waals surface area contributed by atoms with E-state index in [0.29, 0.717) is 16.6 Å². The fraction of sp³-hybridized carbons (Fsp3) is 0.125. The maximum atomic E-state index is 6.11. The van der Waals surface area contributed by atoms with E-state index in [2.05, 4.69) is 25.8 Å². The Morgan fingerprint density at radius 1 is 1.09 bits per heavy atom. The maximum absolute atomic E-state index is 6.11. The van der Waals surface area contributed by atoms with Gasteiger partial charge in [-0.1, -0.05) is 29.3 Å².